The minimum atomic E-state index is -1.31. The predicted octanol–water partition coefficient (Wildman–Crippen LogP) is 5.05. The number of esters is 6. The second kappa shape index (κ2) is 17.8. The molecule has 1 fully saturated rings. The molecule has 1 heterocycles. The molecule has 54 heavy (non-hydrogen) atoms. The molecule has 1 saturated heterocycles. The fourth-order valence-electron chi connectivity index (χ4n) is 4.82. The van der Waals surface area contributed by atoms with Crippen molar-refractivity contribution < 1.29 is 66.7 Å². The Morgan fingerprint density at radius 1 is 0.556 bits per heavy atom. The number of carbonyl (C=O) groups is 7. The Bertz CT molecular complexity index is 2050. The Morgan fingerprint density at radius 2 is 0.926 bits per heavy atom. The molecule has 0 aromatic heterocycles. The summed E-state index contributed by atoms with van der Waals surface area (Å²) < 4.78 is 37.1. The smallest absolute Gasteiger partial charge is 0.343 e. The van der Waals surface area contributed by atoms with Gasteiger partial charge in [-0.2, -0.15) is 0 Å². The van der Waals surface area contributed by atoms with Crippen molar-refractivity contribution in [2.75, 3.05) is 6.61 Å². The largest absolute Gasteiger partial charge is 0.456 e. The van der Waals surface area contributed by atoms with Gasteiger partial charge in [0.25, 0.3) is 0 Å². The SMILES string of the molecule is C=CC(=O)Oc1ccc(C(=O)Oc2ccc(C(=O)OC(C=O)[C@H]3C[C@H](OC(=O)c4ccc(OC(=O)c5ccc(OC(=O)C=C)cc5)cc4)CO3)cc2)cc1. The first-order valence-corrected chi connectivity index (χ1v) is 16.1. The van der Waals surface area contributed by atoms with E-state index < -0.39 is 54.1 Å². The Balaban J connectivity index is 1.07. The van der Waals surface area contributed by atoms with Gasteiger partial charge in [-0.05, 0) is 97.1 Å². The van der Waals surface area contributed by atoms with Crippen LogP contribution < -0.4 is 18.9 Å². The first-order chi connectivity index (χ1) is 26.0. The van der Waals surface area contributed by atoms with Crippen LogP contribution in [0.5, 0.6) is 23.0 Å². The van der Waals surface area contributed by atoms with Crippen molar-refractivity contribution in [1.82, 2.24) is 0 Å². The highest BCUT2D eigenvalue weighted by Crippen LogP contribution is 2.24. The second-order valence-corrected chi connectivity index (χ2v) is 11.3. The summed E-state index contributed by atoms with van der Waals surface area (Å²) in [5, 5.41) is 0. The summed E-state index contributed by atoms with van der Waals surface area (Å²) in [5.41, 5.74) is 0.595. The van der Waals surface area contributed by atoms with E-state index in [1.165, 1.54) is 97.1 Å². The number of hydrogen-bond acceptors (Lipinski definition) is 14. The van der Waals surface area contributed by atoms with Crippen LogP contribution in [-0.2, 0) is 28.6 Å². The zero-order valence-electron chi connectivity index (χ0n) is 28.2. The quantitative estimate of drug-likeness (QED) is 0.0726. The molecule has 14 nitrogen and oxygen atoms in total. The highest BCUT2D eigenvalue weighted by Gasteiger charge is 2.36. The fourth-order valence-corrected chi connectivity index (χ4v) is 4.82. The van der Waals surface area contributed by atoms with Gasteiger partial charge >= 0.3 is 35.8 Å². The topological polar surface area (TPSA) is 184 Å². The van der Waals surface area contributed by atoms with Gasteiger partial charge in [0, 0.05) is 18.6 Å². The molecule has 4 aromatic carbocycles. The molecule has 0 spiro atoms. The van der Waals surface area contributed by atoms with Crippen molar-refractivity contribution in [3.8, 4) is 23.0 Å². The number of rotatable bonds is 14. The van der Waals surface area contributed by atoms with Crippen LogP contribution in [0.3, 0.4) is 0 Å². The van der Waals surface area contributed by atoms with Crippen LogP contribution in [0.4, 0.5) is 0 Å². The summed E-state index contributed by atoms with van der Waals surface area (Å²) >= 11 is 0. The molecule has 1 aliphatic rings. The molecule has 5 rings (SSSR count). The van der Waals surface area contributed by atoms with Crippen molar-refractivity contribution in [2.45, 2.75) is 24.7 Å². The van der Waals surface area contributed by atoms with Gasteiger partial charge in [0.05, 0.1) is 28.9 Å². The molecule has 0 bridgehead atoms. The summed E-state index contributed by atoms with van der Waals surface area (Å²) in [5.74, 6) is -3.48. The average molecular weight is 735 g/mol. The van der Waals surface area contributed by atoms with Gasteiger partial charge in [0.15, 0.2) is 12.4 Å². The van der Waals surface area contributed by atoms with Crippen LogP contribution in [0.15, 0.2) is 122 Å². The highest BCUT2D eigenvalue weighted by molar-refractivity contribution is 5.94. The number of ether oxygens (including phenoxy) is 7. The van der Waals surface area contributed by atoms with Crippen molar-refractivity contribution in [3.63, 3.8) is 0 Å². The molecule has 0 amide bonds. The van der Waals surface area contributed by atoms with E-state index in [1.807, 2.05) is 0 Å². The molecule has 274 valence electrons. The van der Waals surface area contributed by atoms with E-state index >= 15 is 0 Å². The summed E-state index contributed by atoms with van der Waals surface area (Å²) in [7, 11) is 0. The first-order valence-electron chi connectivity index (χ1n) is 16.1. The van der Waals surface area contributed by atoms with E-state index in [-0.39, 0.29) is 58.3 Å². The molecule has 0 aliphatic carbocycles. The Kier molecular flexibility index (Phi) is 12.6. The maximum Gasteiger partial charge on any atom is 0.343 e. The third-order valence-corrected chi connectivity index (χ3v) is 7.56. The number of hydrogen-bond donors (Lipinski definition) is 0. The molecular weight excluding hydrogens is 704 g/mol. The molecule has 0 N–H and O–H groups in total. The summed E-state index contributed by atoms with van der Waals surface area (Å²) in [6, 6.07) is 22.4. The van der Waals surface area contributed by atoms with Crippen molar-refractivity contribution >= 4 is 42.1 Å². The van der Waals surface area contributed by atoms with E-state index in [4.69, 9.17) is 33.2 Å². The van der Waals surface area contributed by atoms with E-state index in [0.29, 0.717) is 6.29 Å². The highest BCUT2D eigenvalue weighted by atomic mass is 16.6. The van der Waals surface area contributed by atoms with Gasteiger partial charge in [-0.3, -0.25) is 4.79 Å². The summed E-state index contributed by atoms with van der Waals surface area (Å²) in [6.07, 6.45) is -0.445. The average Bonchev–Trinajstić information content (AvgIpc) is 3.65. The van der Waals surface area contributed by atoms with Crippen LogP contribution >= 0.6 is 0 Å². The molecule has 0 radical (unpaired) electrons. The molecular formula is C40H30O14. The van der Waals surface area contributed by atoms with Crippen molar-refractivity contribution in [2.24, 2.45) is 0 Å². The third-order valence-electron chi connectivity index (χ3n) is 7.56. The lowest BCUT2D eigenvalue weighted by Gasteiger charge is -2.18. The molecule has 0 saturated carbocycles. The standard InChI is InChI=1S/C40H30O14/c1-3-35(42)49-28-13-5-24(6-14-28)37(44)51-30-17-9-26(10-18-30)39(46)53-32-21-33(48-23-32)34(22-41)54-40(47)27-11-19-31(20-12-27)52-38(45)25-7-15-29(16-8-25)50-36(43)4-2/h3-20,22,32-34H,1-2,21,23H2/t32-,33+,34?/m0/s1. The molecule has 14 heteroatoms. The van der Waals surface area contributed by atoms with Crippen molar-refractivity contribution in [3.05, 3.63) is 145 Å². The summed E-state index contributed by atoms with van der Waals surface area (Å²) in [6.45, 7) is 6.57. The third kappa shape index (κ3) is 10.2. The van der Waals surface area contributed by atoms with Crippen LogP contribution in [0.25, 0.3) is 0 Å². The molecule has 4 aromatic rings. The van der Waals surface area contributed by atoms with E-state index in [1.54, 1.807) is 0 Å². The Morgan fingerprint density at radius 3 is 1.31 bits per heavy atom. The van der Waals surface area contributed by atoms with Crippen LogP contribution in [0.2, 0.25) is 0 Å². The van der Waals surface area contributed by atoms with Crippen molar-refractivity contribution in [1.29, 1.82) is 0 Å². The maximum atomic E-state index is 12.8. The van der Waals surface area contributed by atoms with Crippen LogP contribution in [0, 0.1) is 0 Å². The van der Waals surface area contributed by atoms with E-state index in [9.17, 15) is 33.6 Å². The fraction of sp³-hybridized carbons (Fsp3) is 0.125. The second-order valence-electron chi connectivity index (χ2n) is 11.3. The number of aldehydes is 1. The minimum absolute atomic E-state index is 0.0532. The lowest BCUT2D eigenvalue weighted by molar-refractivity contribution is -0.129. The Labute approximate surface area is 307 Å². The van der Waals surface area contributed by atoms with Gasteiger partial charge in [-0.25, -0.2) is 28.8 Å². The predicted molar refractivity (Wildman–Crippen MR) is 186 cm³/mol. The zero-order chi connectivity index (χ0) is 38.6. The van der Waals surface area contributed by atoms with Crippen LogP contribution in [0.1, 0.15) is 47.9 Å². The lowest BCUT2D eigenvalue weighted by atomic mass is 10.1. The van der Waals surface area contributed by atoms with Crippen LogP contribution in [-0.4, -0.2) is 67.0 Å². The monoisotopic (exact) mass is 734 g/mol. The summed E-state index contributed by atoms with van der Waals surface area (Å²) in [4.78, 5) is 85.1. The molecule has 1 aliphatic heterocycles. The first kappa shape index (κ1) is 38.1. The van der Waals surface area contributed by atoms with Gasteiger partial charge in [0.2, 0.25) is 0 Å². The normalized spacial score (nSPS) is 15.0. The minimum Gasteiger partial charge on any atom is -0.456 e. The van der Waals surface area contributed by atoms with Gasteiger partial charge < -0.3 is 33.2 Å². The van der Waals surface area contributed by atoms with Gasteiger partial charge in [-0.15, -0.1) is 0 Å². The van der Waals surface area contributed by atoms with Gasteiger partial charge in [0.1, 0.15) is 35.2 Å². The number of benzene rings is 4. The van der Waals surface area contributed by atoms with E-state index in [2.05, 4.69) is 13.2 Å². The zero-order valence-corrected chi connectivity index (χ0v) is 28.2. The van der Waals surface area contributed by atoms with E-state index in [0.717, 1.165) is 12.2 Å². The molecule has 3 atom stereocenters. The maximum absolute atomic E-state index is 12.8. The molecule has 1 unspecified atom stereocenters. The Hall–Kier alpha value is -7.19. The lowest BCUT2D eigenvalue weighted by Crippen LogP contribution is -2.33. The van der Waals surface area contributed by atoms with Gasteiger partial charge in [-0.1, -0.05) is 13.2 Å². The number of carbonyl (C=O) groups excluding carboxylic acids is 7.